The molecule has 160 valence electrons. The Morgan fingerprint density at radius 2 is 1.80 bits per heavy atom. The highest BCUT2D eigenvalue weighted by Crippen LogP contribution is 2.26. The van der Waals surface area contributed by atoms with Crippen molar-refractivity contribution in [1.29, 1.82) is 0 Å². The topological polar surface area (TPSA) is 70.7 Å². The second kappa shape index (κ2) is 9.20. The Labute approximate surface area is 178 Å². The van der Waals surface area contributed by atoms with E-state index in [2.05, 4.69) is 16.7 Å². The van der Waals surface area contributed by atoms with Crippen molar-refractivity contribution >= 4 is 23.4 Å². The molecule has 0 aliphatic carbocycles. The summed E-state index contributed by atoms with van der Waals surface area (Å²) < 4.78 is 5.52. The molecule has 2 N–H and O–H groups in total. The van der Waals surface area contributed by atoms with Crippen LogP contribution in [0.2, 0.25) is 0 Å². The van der Waals surface area contributed by atoms with Crippen LogP contribution < -0.4 is 15.5 Å². The molecule has 0 fully saturated rings. The van der Waals surface area contributed by atoms with Gasteiger partial charge in [-0.2, -0.15) is 0 Å². The van der Waals surface area contributed by atoms with E-state index in [0.29, 0.717) is 6.54 Å². The lowest BCUT2D eigenvalue weighted by Gasteiger charge is -2.29. The van der Waals surface area contributed by atoms with Crippen molar-refractivity contribution in [1.82, 2.24) is 5.32 Å². The number of anilines is 2. The first kappa shape index (κ1) is 21.7. The molecule has 0 radical (unpaired) electrons. The second-order valence-electron chi connectivity index (χ2n) is 8.80. The van der Waals surface area contributed by atoms with Gasteiger partial charge in [-0.15, -0.1) is 0 Å². The molecule has 0 spiro atoms. The van der Waals surface area contributed by atoms with Gasteiger partial charge < -0.3 is 20.3 Å². The standard InChI is InChI=1S/C24H31N3O3/c1-17-9-12-19(13-10-17)25-23(29)26-20-14-11-18-7-5-6-8-21(18)27(15-20)16-22(28)30-24(2,3)4/h5-10,12-13,20H,11,14-16H2,1-4H3,(H2,25,26,29). The molecule has 0 aromatic heterocycles. The number of nitrogens with one attached hydrogen (secondary N) is 2. The fraction of sp³-hybridized carbons (Fsp3) is 0.417. The number of rotatable bonds is 4. The van der Waals surface area contributed by atoms with E-state index >= 15 is 0 Å². The van der Waals surface area contributed by atoms with E-state index in [4.69, 9.17) is 4.74 Å². The molecule has 3 rings (SSSR count). The zero-order valence-electron chi connectivity index (χ0n) is 18.2. The number of benzene rings is 2. The largest absolute Gasteiger partial charge is 0.459 e. The Bertz CT molecular complexity index is 887. The number of ether oxygens (including phenoxy) is 1. The molecule has 1 aliphatic heterocycles. The first-order valence-electron chi connectivity index (χ1n) is 10.4. The Morgan fingerprint density at radius 3 is 2.50 bits per heavy atom. The van der Waals surface area contributed by atoms with Crippen molar-refractivity contribution in [2.75, 3.05) is 23.3 Å². The number of hydrogen-bond acceptors (Lipinski definition) is 4. The van der Waals surface area contributed by atoms with Crippen LogP contribution in [0, 0.1) is 6.92 Å². The summed E-state index contributed by atoms with van der Waals surface area (Å²) >= 11 is 0. The summed E-state index contributed by atoms with van der Waals surface area (Å²) in [7, 11) is 0. The molecule has 2 aromatic carbocycles. The van der Waals surface area contributed by atoms with E-state index in [-0.39, 0.29) is 24.6 Å². The first-order valence-corrected chi connectivity index (χ1v) is 10.4. The fourth-order valence-corrected chi connectivity index (χ4v) is 3.60. The van der Waals surface area contributed by atoms with Crippen molar-refractivity contribution < 1.29 is 14.3 Å². The van der Waals surface area contributed by atoms with Gasteiger partial charge in [-0.25, -0.2) is 4.79 Å². The Morgan fingerprint density at radius 1 is 1.10 bits per heavy atom. The Hall–Kier alpha value is -3.02. The van der Waals surface area contributed by atoms with Gasteiger partial charge in [-0.05, 0) is 64.3 Å². The maximum Gasteiger partial charge on any atom is 0.326 e. The molecule has 0 saturated carbocycles. The van der Waals surface area contributed by atoms with Crippen LogP contribution in [0.4, 0.5) is 16.2 Å². The number of carbonyl (C=O) groups excluding carboxylic acids is 2. The fourth-order valence-electron chi connectivity index (χ4n) is 3.60. The van der Waals surface area contributed by atoms with Crippen LogP contribution in [0.15, 0.2) is 48.5 Å². The number of fused-ring (bicyclic) bond motifs is 1. The minimum atomic E-state index is -0.534. The quantitative estimate of drug-likeness (QED) is 0.740. The molecule has 1 aliphatic rings. The zero-order valence-corrected chi connectivity index (χ0v) is 18.2. The first-order chi connectivity index (χ1) is 14.2. The molecule has 2 aromatic rings. The van der Waals surface area contributed by atoms with Crippen LogP contribution in [0.5, 0.6) is 0 Å². The average Bonchev–Trinajstić information content (AvgIpc) is 2.82. The van der Waals surface area contributed by atoms with Gasteiger partial charge in [-0.1, -0.05) is 35.9 Å². The van der Waals surface area contributed by atoms with E-state index in [0.717, 1.165) is 29.8 Å². The summed E-state index contributed by atoms with van der Waals surface area (Å²) in [5.41, 5.74) is 3.55. The van der Waals surface area contributed by atoms with Gasteiger partial charge in [0.15, 0.2) is 0 Å². The summed E-state index contributed by atoms with van der Waals surface area (Å²) in [6.07, 6.45) is 1.62. The highest BCUT2D eigenvalue weighted by atomic mass is 16.6. The predicted octanol–water partition coefficient (Wildman–Crippen LogP) is 4.28. The summed E-state index contributed by atoms with van der Waals surface area (Å²) in [6.45, 7) is 8.28. The van der Waals surface area contributed by atoms with Crippen LogP contribution in [0.3, 0.4) is 0 Å². The van der Waals surface area contributed by atoms with Crippen molar-refractivity contribution in [3.05, 3.63) is 59.7 Å². The van der Waals surface area contributed by atoms with E-state index in [1.807, 2.05) is 75.1 Å². The number of para-hydroxylation sites is 1. The summed E-state index contributed by atoms with van der Waals surface area (Å²) in [6, 6.07) is 15.4. The van der Waals surface area contributed by atoms with Crippen LogP contribution >= 0.6 is 0 Å². The number of nitrogens with zero attached hydrogens (tertiary/aromatic N) is 1. The SMILES string of the molecule is Cc1ccc(NC(=O)NC2CCc3ccccc3N(CC(=O)OC(C)(C)C)C2)cc1. The van der Waals surface area contributed by atoms with Gasteiger partial charge in [0.05, 0.1) is 0 Å². The lowest BCUT2D eigenvalue weighted by Crippen LogP contribution is -2.46. The number of esters is 1. The van der Waals surface area contributed by atoms with Crippen molar-refractivity contribution in [3.8, 4) is 0 Å². The molecule has 30 heavy (non-hydrogen) atoms. The highest BCUT2D eigenvalue weighted by Gasteiger charge is 2.26. The molecule has 2 amide bonds. The molecule has 1 atom stereocenters. The van der Waals surface area contributed by atoms with E-state index in [1.165, 1.54) is 5.56 Å². The zero-order chi connectivity index (χ0) is 21.7. The molecule has 1 unspecified atom stereocenters. The van der Waals surface area contributed by atoms with E-state index in [1.54, 1.807) is 0 Å². The van der Waals surface area contributed by atoms with Gasteiger partial charge >= 0.3 is 12.0 Å². The maximum atomic E-state index is 12.5. The number of amides is 2. The number of hydrogen-bond donors (Lipinski definition) is 2. The maximum absolute atomic E-state index is 12.5. The predicted molar refractivity (Wildman–Crippen MR) is 120 cm³/mol. The normalized spacial score (nSPS) is 16.3. The molecule has 6 nitrogen and oxygen atoms in total. The Kier molecular flexibility index (Phi) is 6.65. The summed E-state index contributed by atoms with van der Waals surface area (Å²) in [4.78, 5) is 27.0. The third-order valence-corrected chi connectivity index (χ3v) is 4.92. The summed E-state index contributed by atoms with van der Waals surface area (Å²) in [5, 5.41) is 5.95. The van der Waals surface area contributed by atoms with Crippen LogP contribution in [-0.2, 0) is 16.0 Å². The highest BCUT2D eigenvalue weighted by molar-refractivity contribution is 5.89. The lowest BCUT2D eigenvalue weighted by atomic mass is 10.1. The monoisotopic (exact) mass is 409 g/mol. The van der Waals surface area contributed by atoms with Crippen LogP contribution in [0.1, 0.15) is 38.3 Å². The average molecular weight is 410 g/mol. The van der Waals surface area contributed by atoms with Gasteiger partial charge in [-0.3, -0.25) is 4.79 Å². The molecular weight excluding hydrogens is 378 g/mol. The van der Waals surface area contributed by atoms with Crippen molar-refractivity contribution in [2.24, 2.45) is 0 Å². The molecule has 6 heteroatoms. The summed E-state index contributed by atoms with van der Waals surface area (Å²) in [5.74, 6) is -0.276. The van der Waals surface area contributed by atoms with Gasteiger partial charge in [0.25, 0.3) is 0 Å². The number of aryl methyl sites for hydroxylation is 2. The molecule has 1 heterocycles. The molecular formula is C24H31N3O3. The molecule has 0 saturated heterocycles. The lowest BCUT2D eigenvalue weighted by molar-refractivity contribution is -0.153. The number of urea groups is 1. The van der Waals surface area contributed by atoms with Crippen molar-refractivity contribution in [3.63, 3.8) is 0 Å². The molecule has 0 bridgehead atoms. The van der Waals surface area contributed by atoms with E-state index < -0.39 is 5.60 Å². The second-order valence-corrected chi connectivity index (χ2v) is 8.80. The van der Waals surface area contributed by atoms with Crippen LogP contribution in [-0.4, -0.2) is 36.7 Å². The number of carbonyl (C=O) groups is 2. The third kappa shape index (κ3) is 6.24. The Balaban J connectivity index is 1.69. The van der Waals surface area contributed by atoms with Crippen LogP contribution in [0.25, 0.3) is 0 Å². The van der Waals surface area contributed by atoms with Gasteiger partial charge in [0.1, 0.15) is 12.1 Å². The minimum absolute atomic E-state index is 0.0923. The van der Waals surface area contributed by atoms with E-state index in [9.17, 15) is 9.59 Å². The smallest absolute Gasteiger partial charge is 0.326 e. The minimum Gasteiger partial charge on any atom is -0.459 e. The van der Waals surface area contributed by atoms with Gasteiger partial charge in [0.2, 0.25) is 0 Å². The third-order valence-electron chi connectivity index (χ3n) is 4.92. The van der Waals surface area contributed by atoms with Gasteiger partial charge in [0, 0.05) is 24.0 Å². The van der Waals surface area contributed by atoms with Crippen molar-refractivity contribution in [2.45, 2.75) is 52.2 Å².